The van der Waals surface area contributed by atoms with Crippen molar-refractivity contribution in [3.8, 4) is 5.75 Å². The summed E-state index contributed by atoms with van der Waals surface area (Å²) in [5, 5.41) is 10.3. The highest BCUT2D eigenvalue weighted by Crippen LogP contribution is 2.34. The summed E-state index contributed by atoms with van der Waals surface area (Å²) in [4.78, 5) is 12.0. The van der Waals surface area contributed by atoms with Gasteiger partial charge in [-0.05, 0) is 47.8 Å². The summed E-state index contributed by atoms with van der Waals surface area (Å²) in [6.07, 6.45) is 11.1. The third kappa shape index (κ3) is 10.7. The molecule has 1 N–H and O–H groups in total. The number of hydrogen-bond donors (Lipinski definition) is 1. The van der Waals surface area contributed by atoms with Crippen LogP contribution in [-0.4, -0.2) is 17.7 Å². The normalized spacial score (nSPS) is 11.8. The summed E-state index contributed by atoms with van der Waals surface area (Å²) < 4.78 is 5.40. The molecule has 0 spiro atoms. The van der Waals surface area contributed by atoms with E-state index in [-0.39, 0.29) is 11.4 Å². The fraction of sp³-hybridized carbons (Fsp3) is 0.731. The van der Waals surface area contributed by atoms with Crippen molar-refractivity contribution in [3.63, 3.8) is 0 Å². The third-order valence-electron chi connectivity index (χ3n) is 5.47. The number of ether oxygens (including phenoxy) is 1. The number of carbonyl (C=O) groups is 1. The van der Waals surface area contributed by atoms with Crippen LogP contribution in [0.25, 0.3) is 0 Å². The van der Waals surface area contributed by atoms with Gasteiger partial charge in [0.15, 0.2) is 0 Å². The van der Waals surface area contributed by atoms with E-state index < -0.39 is 0 Å². The highest BCUT2D eigenvalue weighted by atomic mass is 16.5. The summed E-state index contributed by atoms with van der Waals surface area (Å²) in [5.74, 6) is 1.06. The Morgan fingerprint density at radius 2 is 1.59 bits per heavy atom. The molecule has 29 heavy (non-hydrogen) atoms. The largest absolute Gasteiger partial charge is 0.507 e. The third-order valence-corrected chi connectivity index (χ3v) is 5.47. The molecule has 1 aromatic carbocycles. The Bertz CT molecular complexity index is 611. The monoisotopic (exact) mass is 404 g/mol. The maximum Gasteiger partial charge on any atom is 0.306 e. The van der Waals surface area contributed by atoms with E-state index in [9.17, 15) is 9.90 Å². The Morgan fingerprint density at radius 3 is 2.17 bits per heavy atom. The van der Waals surface area contributed by atoms with Gasteiger partial charge in [-0.25, -0.2) is 0 Å². The highest BCUT2D eigenvalue weighted by Gasteiger charge is 2.20. The van der Waals surface area contributed by atoms with E-state index in [1.54, 1.807) is 0 Å². The van der Waals surface area contributed by atoms with E-state index in [1.807, 2.05) is 19.1 Å². The lowest BCUT2D eigenvalue weighted by molar-refractivity contribution is -0.143. The van der Waals surface area contributed by atoms with Gasteiger partial charge in [0.25, 0.3) is 0 Å². The zero-order valence-electron chi connectivity index (χ0n) is 19.8. The molecule has 0 saturated carbocycles. The van der Waals surface area contributed by atoms with Crippen molar-refractivity contribution in [1.29, 1.82) is 0 Å². The summed E-state index contributed by atoms with van der Waals surface area (Å²) in [6, 6.07) is 4.00. The van der Waals surface area contributed by atoms with Crippen molar-refractivity contribution >= 4 is 5.97 Å². The predicted molar refractivity (Wildman–Crippen MR) is 123 cm³/mol. The first-order valence-electron chi connectivity index (χ1n) is 11.6. The van der Waals surface area contributed by atoms with Crippen molar-refractivity contribution in [2.45, 2.75) is 111 Å². The van der Waals surface area contributed by atoms with Crippen molar-refractivity contribution in [2.75, 3.05) is 6.61 Å². The number of aromatic hydroxyl groups is 1. The lowest BCUT2D eigenvalue weighted by Crippen LogP contribution is -2.13. The molecule has 0 aliphatic carbocycles. The first-order valence-corrected chi connectivity index (χ1v) is 11.6. The van der Waals surface area contributed by atoms with E-state index >= 15 is 0 Å². The average Bonchev–Trinajstić information content (AvgIpc) is 2.62. The topological polar surface area (TPSA) is 46.5 Å². The fourth-order valence-electron chi connectivity index (χ4n) is 3.61. The molecule has 0 saturated heterocycles. The summed E-state index contributed by atoms with van der Waals surface area (Å²) >= 11 is 0. The smallest absolute Gasteiger partial charge is 0.306 e. The second-order valence-electron chi connectivity index (χ2n) is 9.94. The van der Waals surface area contributed by atoms with Gasteiger partial charge in [-0.2, -0.15) is 0 Å². The molecular weight excluding hydrogens is 360 g/mol. The average molecular weight is 405 g/mol. The van der Waals surface area contributed by atoms with Crippen LogP contribution in [0.15, 0.2) is 12.1 Å². The summed E-state index contributed by atoms with van der Waals surface area (Å²) in [7, 11) is 0. The molecule has 0 unspecified atom stereocenters. The molecule has 0 aliphatic rings. The van der Waals surface area contributed by atoms with Crippen LogP contribution in [0.3, 0.4) is 0 Å². The van der Waals surface area contributed by atoms with E-state index in [2.05, 4.69) is 34.6 Å². The minimum absolute atomic E-state index is 0.123. The number of unbranched alkanes of at least 4 members (excludes halogenated alkanes) is 6. The van der Waals surface area contributed by atoms with Crippen LogP contribution in [0.4, 0.5) is 0 Å². The van der Waals surface area contributed by atoms with Crippen LogP contribution in [0.1, 0.15) is 109 Å². The lowest BCUT2D eigenvalue weighted by Gasteiger charge is -2.22. The van der Waals surface area contributed by atoms with Crippen LogP contribution < -0.4 is 0 Å². The molecule has 3 nitrogen and oxygen atoms in total. The van der Waals surface area contributed by atoms with E-state index in [0.29, 0.717) is 25.2 Å². The Hall–Kier alpha value is -1.51. The summed E-state index contributed by atoms with van der Waals surface area (Å²) in [5.41, 5.74) is 2.76. The Morgan fingerprint density at radius 1 is 1.00 bits per heavy atom. The SMILES string of the molecule is Cc1cc(CCC(=O)OCCCCCCCCCC(C)C)cc(C(C)(C)C)c1O. The first-order chi connectivity index (χ1) is 13.6. The van der Waals surface area contributed by atoms with Gasteiger partial charge in [0.05, 0.1) is 6.61 Å². The van der Waals surface area contributed by atoms with Gasteiger partial charge in [0.1, 0.15) is 5.75 Å². The number of phenols is 1. The second kappa shape index (κ2) is 12.9. The fourth-order valence-corrected chi connectivity index (χ4v) is 3.61. The van der Waals surface area contributed by atoms with Crippen molar-refractivity contribution in [3.05, 3.63) is 28.8 Å². The molecule has 0 fully saturated rings. The predicted octanol–water partition coefficient (Wildman–Crippen LogP) is 7.25. The quantitative estimate of drug-likeness (QED) is 0.278. The van der Waals surface area contributed by atoms with Gasteiger partial charge < -0.3 is 9.84 Å². The number of rotatable bonds is 13. The number of carbonyl (C=O) groups excluding carboxylic acids is 1. The van der Waals surface area contributed by atoms with Gasteiger partial charge in [0.2, 0.25) is 0 Å². The number of phenolic OH excluding ortho intramolecular Hbond substituents is 1. The molecule has 0 bridgehead atoms. The van der Waals surface area contributed by atoms with Gasteiger partial charge >= 0.3 is 5.97 Å². The maximum atomic E-state index is 12.0. The molecule has 0 aromatic heterocycles. The number of benzene rings is 1. The zero-order chi connectivity index (χ0) is 21.9. The first kappa shape index (κ1) is 25.5. The number of esters is 1. The van der Waals surface area contributed by atoms with Gasteiger partial charge in [-0.15, -0.1) is 0 Å². The van der Waals surface area contributed by atoms with Crippen molar-refractivity contribution in [1.82, 2.24) is 0 Å². The van der Waals surface area contributed by atoms with Crippen molar-refractivity contribution < 1.29 is 14.6 Å². The molecule has 0 amide bonds. The standard InChI is InChI=1S/C26H44O3/c1-20(2)14-12-10-8-7-9-11-13-17-29-24(27)16-15-22-18-21(3)25(28)23(19-22)26(4,5)6/h18-20,28H,7-17H2,1-6H3. The minimum Gasteiger partial charge on any atom is -0.507 e. The van der Waals surface area contributed by atoms with Crippen LogP contribution in [0.2, 0.25) is 0 Å². The Labute approximate surface area is 179 Å². The van der Waals surface area contributed by atoms with E-state index in [4.69, 9.17) is 4.74 Å². The van der Waals surface area contributed by atoms with Crippen molar-refractivity contribution in [2.24, 2.45) is 5.92 Å². The molecule has 0 atom stereocenters. The van der Waals surface area contributed by atoms with Crippen LogP contribution in [0.5, 0.6) is 5.75 Å². The molecule has 1 rings (SSSR count). The van der Waals surface area contributed by atoms with Crippen LogP contribution in [0, 0.1) is 12.8 Å². The Kier molecular flexibility index (Phi) is 11.4. The highest BCUT2D eigenvalue weighted by molar-refractivity contribution is 5.69. The Balaban J connectivity index is 2.20. The number of aryl methyl sites for hydroxylation is 2. The van der Waals surface area contributed by atoms with Gasteiger partial charge in [0, 0.05) is 6.42 Å². The molecule has 1 aromatic rings. The molecule has 166 valence electrons. The second-order valence-corrected chi connectivity index (χ2v) is 9.94. The zero-order valence-corrected chi connectivity index (χ0v) is 19.8. The maximum absolute atomic E-state index is 12.0. The molecule has 0 radical (unpaired) electrons. The molecular formula is C26H44O3. The number of hydrogen-bond acceptors (Lipinski definition) is 3. The van der Waals surface area contributed by atoms with E-state index in [0.717, 1.165) is 35.4 Å². The van der Waals surface area contributed by atoms with Crippen LogP contribution in [-0.2, 0) is 21.4 Å². The van der Waals surface area contributed by atoms with Gasteiger partial charge in [-0.3, -0.25) is 4.79 Å². The summed E-state index contributed by atoms with van der Waals surface area (Å²) in [6.45, 7) is 13.3. The van der Waals surface area contributed by atoms with Gasteiger partial charge in [-0.1, -0.05) is 91.7 Å². The van der Waals surface area contributed by atoms with Crippen LogP contribution >= 0.6 is 0 Å². The van der Waals surface area contributed by atoms with E-state index in [1.165, 1.54) is 38.5 Å². The minimum atomic E-state index is -0.125. The lowest BCUT2D eigenvalue weighted by atomic mass is 9.83. The molecule has 3 heteroatoms. The molecule has 0 aliphatic heterocycles. The molecule has 0 heterocycles.